The van der Waals surface area contributed by atoms with Gasteiger partial charge in [0.25, 0.3) is 0 Å². The van der Waals surface area contributed by atoms with E-state index in [1.807, 2.05) is 24.4 Å². The number of amides is 1. The molecule has 0 aromatic carbocycles. The second-order valence-corrected chi connectivity index (χ2v) is 8.85. The van der Waals surface area contributed by atoms with Gasteiger partial charge in [-0.1, -0.05) is 19.9 Å². The zero-order chi connectivity index (χ0) is 20.3. The number of carbonyl (C=O) groups is 1. The number of rotatable bonds is 6. The number of hydrogen-bond donors (Lipinski definition) is 0. The van der Waals surface area contributed by atoms with Crippen molar-refractivity contribution in [1.82, 2.24) is 25.0 Å². The molecule has 0 bridgehead atoms. The van der Waals surface area contributed by atoms with E-state index < -0.39 is 0 Å². The minimum atomic E-state index is 0.256. The molecule has 2 aliphatic rings. The van der Waals surface area contributed by atoms with Crippen LogP contribution in [0.25, 0.3) is 0 Å². The number of hydrogen-bond acceptors (Lipinski definition) is 6. The molecule has 0 atom stereocenters. The molecule has 0 radical (unpaired) electrons. The molecule has 29 heavy (non-hydrogen) atoms. The third-order valence-corrected chi connectivity index (χ3v) is 6.36. The van der Waals surface area contributed by atoms with Crippen LogP contribution < -0.4 is 0 Å². The van der Waals surface area contributed by atoms with Gasteiger partial charge in [0.1, 0.15) is 0 Å². The number of likely N-dealkylation sites (tertiary alicyclic amines) is 2. The van der Waals surface area contributed by atoms with Crippen molar-refractivity contribution in [2.24, 2.45) is 5.41 Å². The van der Waals surface area contributed by atoms with Crippen LogP contribution in [-0.4, -0.2) is 57.1 Å². The van der Waals surface area contributed by atoms with E-state index in [2.05, 4.69) is 38.8 Å². The van der Waals surface area contributed by atoms with Crippen molar-refractivity contribution < 1.29 is 9.21 Å². The topological polar surface area (TPSA) is 75.4 Å². The van der Waals surface area contributed by atoms with E-state index in [4.69, 9.17) is 4.42 Å². The summed E-state index contributed by atoms with van der Waals surface area (Å²) in [6.45, 7) is 8.52. The highest BCUT2D eigenvalue weighted by Crippen LogP contribution is 2.40. The van der Waals surface area contributed by atoms with Gasteiger partial charge < -0.3 is 9.32 Å². The van der Waals surface area contributed by atoms with Crippen molar-refractivity contribution in [2.45, 2.75) is 58.4 Å². The Labute approximate surface area is 172 Å². The predicted molar refractivity (Wildman–Crippen MR) is 109 cm³/mol. The van der Waals surface area contributed by atoms with E-state index in [1.165, 1.54) is 0 Å². The normalized spacial score (nSPS) is 20.0. The van der Waals surface area contributed by atoms with Crippen LogP contribution in [0.1, 0.15) is 62.9 Å². The Bertz CT molecular complexity index is 812. The standard InChI is InChI=1S/C22H31N5O2/c1-17(2)21-25-24-19(29-21)15-26-13-9-22(10-14-26)8-6-20(28)27(16-22)12-7-18-5-3-4-11-23-18/h3-5,11,17H,6-10,12-16H2,1-2H3. The zero-order valence-electron chi connectivity index (χ0n) is 17.5. The lowest BCUT2D eigenvalue weighted by Gasteiger charge is -2.47. The fraction of sp³-hybridized carbons (Fsp3) is 0.636. The third-order valence-electron chi connectivity index (χ3n) is 6.36. The van der Waals surface area contributed by atoms with Crippen LogP contribution in [0.15, 0.2) is 28.8 Å². The Morgan fingerprint density at radius 3 is 2.69 bits per heavy atom. The van der Waals surface area contributed by atoms with Crippen LogP contribution >= 0.6 is 0 Å². The van der Waals surface area contributed by atoms with Crippen LogP contribution in [0.2, 0.25) is 0 Å². The lowest BCUT2D eigenvalue weighted by molar-refractivity contribution is -0.139. The average Bonchev–Trinajstić information content (AvgIpc) is 3.20. The molecule has 0 unspecified atom stereocenters. The van der Waals surface area contributed by atoms with Gasteiger partial charge in [-0.3, -0.25) is 14.7 Å². The quantitative estimate of drug-likeness (QED) is 0.746. The molecule has 2 aromatic heterocycles. The summed E-state index contributed by atoms with van der Waals surface area (Å²) >= 11 is 0. The zero-order valence-corrected chi connectivity index (χ0v) is 17.5. The van der Waals surface area contributed by atoms with Gasteiger partial charge in [0.15, 0.2) is 0 Å². The molecule has 2 fully saturated rings. The molecule has 1 spiro atoms. The molecule has 7 heteroatoms. The number of pyridine rings is 1. The van der Waals surface area contributed by atoms with E-state index in [-0.39, 0.29) is 11.3 Å². The monoisotopic (exact) mass is 397 g/mol. The van der Waals surface area contributed by atoms with Crippen molar-refractivity contribution >= 4 is 5.91 Å². The van der Waals surface area contributed by atoms with Gasteiger partial charge in [-0.05, 0) is 49.9 Å². The molecule has 156 valence electrons. The number of carbonyl (C=O) groups excluding carboxylic acids is 1. The Morgan fingerprint density at radius 2 is 2.00 bits per heavy atom. The molecule has 4 rings (SSSR count). The van der Waals surface area contributed by atoms with Crippen LogP contribution in [-0.2, 0) is 17.8 Å². The number of aromatic nitrogens is 3. The molecule has 0 N–H and O–H groups in total. The third kappa shape index (κ3) is 4.83. The van der Waals surface area contributed by atoms with Crippen molar-refractivity contribution in [2.75, 3.05) is 26.2 Å². The molecular formula is C22H31N5O2. The van der Waals surface area contributed by atoms with E-state index in [9.17, 15) is 4.79 Å². The van der Waals surface area contributed by atoms with Crippen LogP contribution in [0, 0.1) is 5.41 Å². The van der Waals surface area contributed by atoms with Crippen molar-refractivity contribution in [3.05, 3.63) is 41.9 Å². The van der Waals surface area contributed by atoms with Gasteiger partial charge in [0, 0.05) is 43.7 Å². The highest BCUT2D eigenvalue weighted by Gasteiger charge is 2.40. The molecule has 0 aliphatic carbocycles. The Hall–Kier alpha value is -2.28. The largest absolute Gasteiger partial charge is 0.424 e. The SMILES string of the molecule is CC(C)c1nnc(CN2CCC3(CCC(=O)N(CCc4ccccn4)C3)CC2)o1. The first kappa shape index (κ1) is 20.0. The fourth-order valence-corrected chi connectivity index (χ4v) is 4.45. The first-order valence-electron chi connectivity index (χ1n) is 10.8. The molecule has 2 saturated heterocycles. The lowest BCUT2D eigenvalue weighted by atomic mass is 9.72. The van der Waals surface area contributed by atoms with Gasteiger partial charge in [-0.2, -0.15) is 0 Å². The summed E-state index contributed by atoms with van der Waals surface area (Å²) in [4.78, 5) is 21.3. The van der Waals surface area contributed by atoms with Gasteiger partial charge in [-0.15, -0.1) is 10.2 Å². The first-order chi connectivity index (χ1) is 14.0. The van der Waals surface area contributed by atoms with Crippen LogP contribution in [0.4, 0.5) is 0 Å². The first-order valence-corrected chi connectivity index (χ1v) is 10.8. The van der Waals surface area contributed by atoms with Gasteiger partial charge in [-0.25, -0.2) is 0 Å². The second-order valence-electron chi connectivity index (χ2n) is 8.85. The fourth-order valence-electron chi connectivity index (χ4n) is 4.45. The predicted octanol–water partition coefficient (Wildman–Crippen LogP) is 3.04. The molecule has 7 nitrogen and oxygen atoms in total. The Balaban J connectivity index is 1.30. The van der Waals surface area contributed by atoms with Gasteiger partial charge >= 0.3 is 0 Å². The smallest absolute Gasteiger partial charge is 0.230 e. The summed E-state index contributed by atoms with van der Waals surface area (Å²) in [5, 5.41) is 8.33. The van der Waals surface area contributed by atoms with E-state index >= 15 is 0 Å². The van der Waals surface area contributed by atoms with Crippen LogP contribution in [0.3, 0.4) is 0 Å². The summed E-state index contributed by atoms with van der Waals surface area (Å²) in [5.74, 6) is 1.97. The Kier molecular flexibility index (Phi) is 5.94. The minimum absolute atomic E-state index is 0.256. The molecule has 4 heterocycles. The van der Waals surface area contributed by atoms with Crippen molar-refractivity contribution in [1.29, 1.82) is 0 Å². The molecular weight excluding hydrogens is 366 g/mol. The van der Waals surface area contributed by atoms with E-state index in [1.54, 1.807) is 0 Å². The maximum Gasteiger partial charge on any atom is 0.230 e. The highest BCUT2D eigenvalue weighted by atomic mass is 16.4. The maximum atomic E-state index is 12.5. The summed E-state index contributed by atoms with van der Waals surface area (Å²) in [7, 11) is 0. The summed E-state index contributed by atoms with van der Waals surface area (Å²) < 4.78 is 5.77. The average molecular weight is 398 g/mol. The molecule has 2 aliphatic heterocycles. The molecule has 0 saturated carbocycles. The van der Waals surface area contributed by atoms with Crippen molar-refractivity contribution in [3.63, 3.8) is 0 Å². The second kappa shape index (κ2) is 8.61. The summed E-state index contributed by atoms with van der Waals surface area (Å²) in [6, 6.07) is 5.96. The maximum absolute atomic E-state index is 12.5. The minimum Gasteiger partial charge on any atom is -0.424 e. The van der Waals surface area contributed by atoms with Crippen molar-refractivity contribution in [3.8, 4) is 0 Å². The number of nitrogens with zero attached hydrogens (tertiary/aromatic N) is 5. The summed E-state index contributed by atoms with van der Waals surface area (Å²) in [6.07, 6.45) is 6.56. The Morgan fingerprint density at radius 1 is 1.17 bits per heavy atom. The highest BCUT2D eigenvalue weighted by molar-refractivity contribution is 5.77. The summed E-state index contributed by atoms with van der Waals surface area (Å²) in [5.41, 5.74) is 1.31. The van der Waals surface area contributed by atoms with Gasteiger partial charge in [0.05, 0.1) is 6.54 Å². The van der Waals surface area contributed by atoms with E-state index in [0.717, 1.165) is 64.1 Å². The van der Waals surface area contributed by atoms with Gasteiger partial charge in [0.2, 0.25) is 17.7 Å². The van der Waals surface area contributed by atoms with E-state index in [0.29, 0.717) is 24.1 Å². The lowest BCUT2D eigenvalue weighted by Crippen LogP contribution is -2.51. The molecule has 2 aromatic rings. The van der Waals surface area contributed by atoms with Crippen LogP contribution in [0.5, 0.6) is 0 Å². The number of piperidine rings is 2. The molecule has 1 amide bonds.